The molecule has 3 heterocycles. The average molecular weight is 361 g/mol. The summed E-state index contributed by atoms with van der Waals surface area (Å²) < 4.78 is 13.1. The molecule has 1 aliphatic heterocycles. The second-order valence-electron chi connectivity index (χ2n) is 7.23. The summed E-state index contributed by atoms with van der Waals surface area (Å²) in [5, 5.41) is 0. The molecule has 138 valence electrons. The maximum absolute atomic E-state index is 13.1. The van der Waals surface area contributed by atoms with Gasteiger partial charge in [0.05, 0.1) is 5.69 Å². The Morgan fingerprint density at radius 1 is 0.889 bits per heavy atom. The molecule has 0 saturated carbocycles. The maximum atomic E-state index is 13.1. The zero-order valence-electron chi connectivity index (χ0n) is 15.4. The third-order valence-electron chi connectivity index (χ3n) is 5.24. The third kappa shape index (κ3) is 4.77. The summed E-state index contributed by atoms with van der Waals surface area (Å²) in [4.78, 5) is 11.8. The number of benzene rings is 1. The topological polar surface area (TPSA) is 29.0 Å². The molecule has 4 rings (SSSR count). The summed E-state index contributed by atoms with van der Waals surface area (Å²) in [6.07, 6.45) is 4.85. The molecule has 0 bridgehead atoms. The van der Waals surface area contributed by atoms with Crippen molar-refractivity contribution < 1.29 is 4.39 Å². The molecule has 4 heteroatoms. The second kappa shape index (κ2) is 8.40. The van der Waals surface area contributed by atoms with Crippen molar-refractivity contribution >= 4 is 0 Å². The molecule has 1 saturated heterocycles. The molecule has 0 aliphatic carbocycles. The van der Waals surface area contributed by atoms with Crippen LogP contribution in [0.3, 0.4) is 0 Å². The van der Waals surface area contributed by atoms with Crippen molar-refractivity contribution in [2.75, 3.05) is 13.1 Å². The number of hydrogen-bond acceptors (Lipinski definition) is 3. The van der Waals surface area contributed by atoms with Gasteiger partial charge in [0.2, 0.25) is 0 Å². The van der Waals surface area contributed by atoms with E-state index in [1.807, 2.05) is 30.5 Å². The lowest BCUT2D eigenvalue weighted by atomic mass is 9.92. The number of likely N-dealkylation sites (tertiary alicyclic amines) is 1. The highest BCUT2D eigenvalue weighted by Gasteiger charge is 2.22. The number of halogens is 1. The van der Waals surface area contributed by atoms with Crippen LogP contribution in [-0.2, 0) is 13.0 Å². The van der Waals surface area contributed by atoms with Gasteiger partial charge < -0.3 is 0 Å². The summed E-state index contributed by atoms with van der Waals surface area (Å²) in [5.74, 6) is 0.316. The first-order chi connectivity index (χ1) is 13.3. The van der Waals surface area contributed by atoms with Gasteiger partial charge in [-0.25, -0.2) is 4.39 Å². The number of pyridine rings is 2. The Morgan fingerprint density at radius 2 is 1.67 bits per heavy atom. The van der Waals surface area contributed by atoms with Gasteiger partial charge in [-0.05, 0) is 67.9 Å². The summed E-state index contributed by atoms with van der Waals surface area (Å²) in [6.45, 7) is 3.07. The van der Waals surface area contributed by atoms with Crippen molar-refractivity contribution in [3.05, 3.63) is 95.3 Å². The monoisotopic (exact) mass is 361 g/mol. The summed E-state index contributed by atoms with van der Waals surface area (Å²) in [7, 11) is 0. The van der Waals surface area contributed by atoms with Crippen LogP contribution in [0.2, 0.25) is 0 Å². The van der Waals surface area contributed by atoms with Gasteiger partial charge in [-0.15, -0.1) is 0 Å². The minimum atomic E-state index is -0.196. The fourth-order valence-electron chi connectivity index (χ4n) is 3.74. The van der Waals surface area contributed by atoms with E-state index in [0.717, 1.165) is 55.8 Å². The Labute approximate surface area is 159 Å². The Hall–Kier alpha value is -2.59. The molecule has 1 aliphatic rings. The predicted molar refractivity (Wildman–Crippen MR) is 105 cm³/mol. The quantitative estimate of drug-likeness (QED) is 0.666. The van der Waals surface area contributed by atoms with E-state index in [1.54, 1.807) is 0 Å². The largest absolute Gasteiger partial charge is 0.297 e. The molecule has 27 heavy (non-hydrogen) atoms. The van der Waals surface area contributed by atoms with Crippen LogP contribution in [0.4, 0.5) is 4.39 Å². The molecule has 2 aromatic heterocycles. The first-order valence-corrected chi connectivity index (χ1v) is 9.59. The maximum Gasteiger partial charge on any atom is 0.123 e. The molecular formula is C23H24FN3. The highest BCUT2D eigenvalue weighted by molar-refractivity contribution is 5.24. The molecule has 0 unspecified atom stereocenters. The molecule has 1 fully saturated rings. The van der Waals surface area contributed by atoms with Crippen molar-refractivity contribution in [1.82, 2.24) is 14.9 Å². The molecule has 0 N–H and O–H groups in total. The first kappa shape index (κ1) is 17.8. The molecule has 0 atom stereocenters. The van der Waals surface area contributed by atoms with Crippen LogP contribution >= 0.6 is 0 Å². The van der Waals surface area contributed by atoms with Crippen LogP contribution < -0.4 is 0 Å². The minimum Gasteiger partial charge on any atom is -0.297 e. The molecule has 0 radical (unpaired) electrons. The lowest BCUT2D eigenvalue weighted by Gasteiger charge is -2.31. The van der Waals surface area contributed by atoms with Crippen LogP contribution in [0.5, 0.6) is 0 Å². The molecule has 0 spiro atoms. The lowest BCUT2D eigenvalue weighted by Crippen LogP contribution is -2.33. The number of nitrogens with zero attached hydrogens (tertiary/aromatic N) is 3. The van der Waals surface area contributed by atoms with Crippen LogP contribution in [0.25, 0.3) is 0 Å². The Balaban J connectivity index is 1.36. The number of aromatic nitrogens is 2. The van der Waals surface area contributed by atoms with Gasteiger partial charge in [0.15, 0.2) is 0 Å². The van der Waals surface area contributed by atoms with Crippen molar-refractivity contribution in [2.24, 2.45) is 0 Å². The van der Waals surface area contributed by atoms with E-state index in [0.29, 0.717) is 5.92 Å². The SMILES string of the molecule is Fc1ccc(Cc2cccc(C3CCN(Cc4ccccn4)CC3)n2)cc1. The second-order valence-corrected chi connectivity index (χ2v) is 7.23. The van der Waals surface area contributed by atoms with Crippen LogP contribution in [-0.4, -0.2) is 28.0 Å². The van der Waals surface area contributed by atoms with Crippen LogP contribution in [0.15, 0.2) is 66.9 Å². The fourth-order valence-corrected chi connectivity index (χ4v) is 3.74. The van der Waals surface area contributed by atoms with E-state index >= 15 is 0 Å². The smallest absolute Gasteiger partial charge is 0.123 e. The summed E-state index contributed by atoms with van der Waals surface area (Å²) in [5.41, 5.74) is 4.46. The minimum absolute atomic E-state index is 0.196. The molecule has 3 aromatic rings. The predicted octanol–water partition coefficient (Wildman–Crippen LogP) is 4.59. The highest BCUT2D eigenvalue weighted by Crippen LogP contribution is 2.27. The van der Waals surface area contributed by atoms with Gasteiger partial charge in [0, 0.05) is 36.5 Å². The zero-order valence-corrected chi connectivity index (χ0v) is 15.4. The Bertz CT molecular complexity index is 856. The van der Waals surface area contributed by atoms with Gasteiger partial charge >= 0.3 is 0 Å². The van der Waals surface area contributed by atoms with Crippen LogP contribution in [0.1, 0.15) is 41.4 Å². The third-order valence-corrected chi connectivity index (χ3v) is 5.24. The molecule has 3 nitrogen and oxygen atoms in total. The summed E-state index contributed by atoms with van der Waals surface area (Å²) >= 11 is 0. The standard InChI is InChI=1S/C23H24FN3/c24-20-9-7-18(8-10-20)16-21-5-3-6-23(26-21)19-11-14-27(15-12-19)17-22-4-1-2-13-25-22/h1-10,13,19H,11-12,14-17H2. The zero-order chi connectivity index (χ0) is 18.5. The van der Waals surface area contributed by atoms with E-state index in [9.17, 15) is 4.39 Å². The van der Waals surface area contributed by atoms with Gasteiger partial charge in [-0.2, -0.15) is 0 Å². The molecular weight excluding hydrogens is 337 g/mol. The van der Waals surface area contributed by atoms with Crippen LogP contribution in [0, 0.1) is 5.82 Å². The molecule has 0 amide bonds. The van der Waals surface area contributed by atoms with E-state index in [-0.39, 0.29) is 5.82 Å². The highest BCUT2D eigenvalue weighted by atomic mass is 19.1. The number of hydrogen-bond donors (Lipinski definition) is 0. The van der Waals surface area contributed by atoms with Gasteiger partial charge in [0.1, 0.15) is 5.82 Å². The van der Waals surface area contributed by atoms with Crippen molar-refractivity contribution in [2.45, 2.75) is 31.7 Å². The van der Waals surface area contributed by atoms with E-state index in [4.69, 9.17) is 4.98 Å². The van der Waals surface area contributed by atoms with Crippen molar-refractivity contribution in [3.8, 4) is 0 Å². The average Bonchev–Trinajstić information content (AvgIpc) is 2.71. The fraction of sp³-hybridized carbons (Fsp3) is 0.304. The van der Waals surface area contributed by atoms with Gasteiger partial charge in [0.25, 0.3) is 0 Å². The lowest BCUT2D eigenvalue weighted by molar-refractivity contribution is 0.201. The van der Waals surface area contributed by atoms with E-state index < -0.39 is 0 Å². The van der Waals surface area contributed by atoms with E-state index in [1.165, 1.54) is 17.8 Å². The van der Waals surface area contributed by atoms with Crippen molar-refractivity contribution in [3.63, 3.8) is 0 Å². The number of piperidine rings is 1. The first-order valence-electron chi connectivity index (χ1n) is 9.59. The number of rotatable bonds is 5. The Morgan fingerprint density at radius 3 is 2.41 bits per heavy atom. The summed E-state index contributed by atoms with van der Waals surface area (Å²) in [6, 6.07) is 19.1. The Kier molecular flexibility index (Phi) is 5.54. The van der Waals surface area contributed by atoms with Gasteiger partial charge in [-0.1, -0.05) is 24.3 Å². The van der Waals surface area contributed by atoms with Crippen molar-refractivity contribution in [1.29, 1.82) is 0 Å². The van der Waals surface area contributed by atoms with Gasteiger partial charge in [-0.3, -0.25) is 14.9 Å². The normalized spacial score (nSPS) is 15.7. The van der Waals surface area contributed by atoms with E-state index in [2.05, 4.69) is 34.1 Å². The molecule has 1 aromatic carbocycles.